The summed E-state index contributed by atoms with van der Waals surface area (Å²) in [7, 11) is -4.84. The van der Waals surface area contributed by atoms with Crippen molar-refractivity contribution in [3.05, 3.63) is 76.2 Å². The topological polar surface area (TPSA) is 397 Å². The number of rotatable bonds is 25. The molecule has 7 heterocycles. The number of imidazole rings is 1. The lowest BCUT2D eigenvalue weighted by molar-refractivity contribution is -0.123. The highest BCUT2D eigenvalue weighted by molar-refractivity contribution is 7.47. The summed E-state index contributed by atoms with van der Waals surface area (Å²) >= 11 is 0. The van der Waals surface area contributed by atoms with E-state index in [1.807, 2.05) is 87.4 Å². The lowest BCUT2D eigenvalue weighted by Gasteiger charge is -2.47. The zero-order valence-corrected chi connectivity index (χ0v) is 52.2. The van der Waals surface area contributed by atoms with Gasteiger partial charge in [-0.3, -0.25) is 52.8 Å². The Morgan fingerprint density at radius 2 is 1.47 bits per heavy atom. The summed E-state index contributed by atoms with van der Waals surface area (Å²) in [5, 5.41) is 16.8. The molecule has 86 heavy (non-hydrogen) atoms. The van der Waals surface area contributed by atoms with Crippen LogP contribution in [0.4, 0.5) is 0 Å². The summed E-state index contributed by atoms with van der Waals surface area (Å²) in [4.78, 5) is 112. The summed E-state index contributed by atoms with van der Waals surface area (Å²) in [6.45, 7) is 20.4. The summed E-state index contributed by atoms with van der Waals surface area (Å²) in [6.07, 6.45) is 2.02. The van der Waals surface area contributed by atoms with Crippen molar-refractivity contribution in [3.8, 4) is 0 Å². The van der Waals surface area contributed by atoms with E-state index in [1.54, 1.807) is 17.3 Å². The van der Waals surface area contributed by atoms with Crippen molar-refractivity contribution in [2.45, 2.75) is 183 Å². The van der Waals surface area contributed by atoms with E-state index >= 15 is 0 Å². The molecule has 2 saturated heterocycles. The van der Waals surface area contributed by atoms with Gasteiger partial charge in [-0.25, -0.2) is 9.55 Å². The van der Waals surface area contributed by atoms with Gasteiger partial charge in [-0.05, 0) is 114 Å². The van der Waals surface area contributed by atoms with Gasteiger partial charge in [0.15, 0.2) is 0 Å². The number of aryl methyl sites for hydroxylation is 2. The number of nitrogens with two attached hydrogens (primary N) is 5. The van der Waals surface area contributed by atoms with Crippen molar-refractivity contribution in [2.75, 3.05) is 13.2 Å². The molecule has 13 atom stereocenters. The van der Waals surface area contributed by atoms with Crippen LogP contribution in [0.3, 0.4) is 0 Å². The molecule has 2 aromatic rings. The highest BCUT2D eigenvalue weighted by atomic mass is 31.2. The minimum atomic E-state index is -4.84. The first kappa shape index (κ1) is 65.5. The van der Waals surface area contributed by atoms with Crippen LogP contribution < -0.4 is 39.3 Å². The predicted molar refractivity (Wildman–Crippen MR) is 324 cm³/mol. The molecule has 2 radical (unpaired) electrons. The summed E-state index contributed by atoms with van der Waals surface area (Å²) in [5.41, 5.74) is 34.2. The molecule has 468 valence electrons. The fourth-order valence-electron chi connectivity index (χ4n) is 14.6. The number of carbonyl (C=O) groups is 6. The van der Waals surface area contributed by atoms with E-state index in [2.05, 4.69) is 15.6 Å². The Balaban J connectivity index is 1.15. The number of nitrogens with zero attached hydrogens (tertiary/aromatic N) is 5. The Bertz CT molecular complexity index is 3330. The number of fused-ring (bicyclic) bond motifs is 7. The molecule has 0 saturated carbocycles. The van der Waals surface area contributed by atoms with Gasteiger partial charge in [0.1, 0.15) is 18.4 Å². The molecular formula is C61H87N12O12P. The molecule has 8 bridgehead atoms. The van der Waals surface area contributed by atoms with Gasteiger partial charge in [0, 0.05) is 126 Å². The van der Waals surface area contributed by atoms with E-state index in [0.717, 1.165) is 28.1 Å². The Kier molecular flexibility index (Phi) is 19.0. The summed E-state index contributed by atoms with van der Waals surface area (Å²) < 4.78 is 32.6. The van der Waals surface area contributed by atoms with Crippen molar-refractivity contribution in [1.29, 1.82) is 0 Å². The molecule has 24 nitrogen and oxygen atoms in total. The fourth-order valence-corrected chi connectivity index (χ4v) is 15.7. The SMILES string of the molecule is CC[C@@H]1[C](CCC(=O)NC[C@@H](C)OP(=O)(O)O[C@H]2[CH][C@@H](n3cnc4cc(C)c(C)cc43)O[C@@H]2CO)C2=N[C@@H]1[C@]1(C)N=C(C(C)=C3N/C(=C\C4=NC(=C2C)[C@@H](CCC(N)=O)C4(C)C)[C@@H](CCC(N)=O)[C@]3(C)CC(N)=O)C(CCC(N)=O)[C@]1(C)CC(N)=O. The molecule has 2 fully saturated rings. The maximum absolute atomic E-state index is 14.2. The van der Waals surface area contributed by atoms with E-state index in [9.17, 15) is 43.3 Å². The van der Waals surface area contributed by atoms with Crippen molar-refractivity contribution in [1.82, 2.24) is 20.2 Å². The van der Waals surface area contributed by atoms with Gasteiger partial charge >= 0.3 is 7.82 Å². The van der Waals surface area contributed by atoms with Gasteiger partial charge in [-0.1, -0.05) is 41.0 Å². The molecule has 0 aliphatic carbocycles. The van der Waals surface area contributed by atoms with Gasteiger partial charge in [0.2, 0.25) is 35.4 Å². The molecule has 25 heteroatoms. The van der Waals surface area contributed by atoms with Crippen molar-refractivity contribution < 1.29 is 57.1 Å². The minimum Gasteiger partial charge on any atom is -0.394 e. The average Bonchev–Trinajstić information content (AvgIpc) is 1.57. The number of nitrogens with one attached hydrogen (secondary N) is 2. The van der Waals surface area contributed by atoms with Crippen molar-refractivity contribution in [3.63, 3.8) is 0 Å². The second-order valence-corrected chi connectivity index (χ2v) is 27.0. The number of allylic oxidation sites excluding steroid dienone is 6. The van der Waals surface area contributed by atoms with Crippen molar-refractivity contribution in [2.24, 2.45) is 83.6 Å². The zero-order valence-electron chi connectivity index (χ0n) is 51.3. The monoisotopic (exact) mass is 1210 g/mol. The number of hydrogen-bond donors (Lipinski definition) is 9. The first-order chi connectivity index (χ1) is 40.2. The minimum absolute atomic E-state index is 0.0273. The first-order valence-electron chi connectivity index (χ1n) is 29.7. The van der Waals surface area contributed by atoms with Crippen LogP contribution in [0.25, 0.3) is 11.0 Å². The number of aliphatic hydroxyl groups excluding tert-OH is 1. The zero-order chi connectivity index (χ0) is 63.3. The number of aromatic nitrogens is 2. The third kappa shape index (κ3) is 12.7. The Morgan fingerprint density at radius 3 is 2.07 bits per heavy atom. The van der Waals surface area contributed by atoms with Crippen LogP contribution in [-0.4, -0.2) is 115 Å². The highest BCUT2D eigenvalue weighted by Gasteiger charge is 2.64. The molecule has 6 aliphatic rings. The lowest BCUT2D eigenvalue weighted by atomic mass is 9.57. The van der Waals surface area contributed by atoms with Gasteiger partial charge < -0.3 is 58.6 Å². The molecule has 6 aliphatic heterocycles. The maximum Gasteiger partial charge on any atom is 0.472 e. The molecular weight excluding hydrogens is 1120 g/mol. The Morgan fingerprint density at radius 1 is 0.849 bits per heavy atom. The summed E-state index contributed by atoms with van der Waals surface area (Å²) in [5.74, 6) is -4.41. The quantitative estimate of drug-likeness (QED) is 0.0584. The third-order valence-electron chi connectivity index (χ3n) is 19.5. The van der Waals surface area contributed by atoms with Crippen LogP contribution in [0.2, 0.25) is 0 Å². The molecule has 14 N–H and O–H groups in total. The first-order valence-corrected chi connectivity index (χ1v) is 31.2. The number of carbonyl (C=O) groups excluding carboxylic acids is 6. The highest BCUT2D eigenvalue weighted by Crippen LogP contribution is 2.61. The third-order valence-corrected chi connectivity index (χ3v) is 20.6. The van der Waals surface area contributed by atoms with E-state index in [1.165, 1.54) is 6.92 Å². The normalized spacial score (nSPS) is 31.3. The largest absolute Gasteiger partial charge is 0.472 e. The van der Waals surface area contributed by atoms with Crippen LogP contribution in [0, 0.1) is 66.1 Å². The van der Waals surface area contributed by atoms with Gasteiger partial charge in [0.05, 0.1) is 41.7 Å². The number of ether oxygens (including phenoxy) is 1. The number of phosphoric ester groups is 1. The van der Waals surface area contributed by atoms with E-state index in [4.69, 9.17) is 57.4 Å². The number of primary amides is 5. The smallest absolute Gasteiger partial charge is 0.394 e. The molecule has 1 aromatic carbocycles. The van der Waals surface area contributed by atoms with Gasteiger partial charge in [0.25, 0.3) is 0 Å². The number of aliphatic imine (C=N–C) groups is 3. The number of benzene rings is 1. The van der Waals surface area contributed by atoms with Gasteiger partial charge in [-0.2, -0.15) is 0 Å². The second-order valence-electron chi connectivity index (χ2n) is 25.6. The van der Waals surface area contributed by atoms with Crippen LogP contribution in [0.1, 0.15) is 150 Å². The van der Waals surface area contributed by atoms with Crippen LogP contribution in [0.15, 0.2) is 67.8 Å². The number of aliphatic hydroxyl groups is 1. The number of amides is 6. The Labute approximate surface area is 502 Å². The maximum atomic E-state index is 14.2. The van der Waals surface area contributed by atoms with Crippen LogP contribution >= 0.6 is 7.82 Å². The van der Waals surface area contributed by atoms with E-state index in [-0.39, 0.29) is 64.3 Å². The summed E-state index contributed by atoms with van der Waals surface area (Å²) in [6, 6.07) is 3.20. The molecule has 6 amide bonds. The molecule has 1 aromatic heterocycles. The van der Waals surface area contributed by atoms with E-state index < -0.39 is 126 Å². The fraction of sp³-hybridized carbons (Fsp3) is 0.607. The molecule has 2 unspecified atom stereocenters. The predicted octanol–water partition coefficient (Wildman–Crippen LogP) is 5.11. The molecule has 8 rings (SSSR count). The van der Waals surface area contributed by atoms with Gasteiger partial charge in [-0.15, -0.1) is 0 Å². The Hall–Kier alpha value is -6.43. The lowest BCUT2D eigenvalue weighted by Crippen LogP contribution is -2.54. The van der Waals surface area contributed by atoms with Crippen molar-refractivity contribution >= 4 is 71.4 Å². The second kappa shape index (κ2) is 25.0. The van der Waals surface area contributed by atoms with Crippen LogP contribution in [0.5, 0.6) is 0 Å². The van der Waals surface area contributed by atoms with E-state index in [0.29, 0.717) is 58.2 Å². The number of hydrogen-bond acceptors (Lipinski definition) is 16. The molecule has 0 spiro atoms. The standard InChI is InChI=1S/C61H87N12O12P/c1-12-35-36(13-20-51(80)67-27-32(4)84-86(81,82)85-43-24-52(83-44(43)28-74)73-29-68-41-21-30(2)31(3)22-42(41)73)53-33(5)54-38(15-18-47(63)76)58(7,8)45(70-54)23-40-37(14-17-46(62)75)59(9,25-49(65)78)56(69-40)34(6)55-39(16-19-48(64)77)60(10,26-50(66)79)61(11,72-55)57(35)71-53/h21-24,29,32,35,37-39,43-44,52,57,69,74H,12-20,25-28H2,1-11H3,(H2,62,75)(H2,63,76)(H2,64,77)(H2,65,78)(H2,66,79)(H,67,80)(H,81,82)/b40-23-,54-33?,56-34?/t32-,35-,37-,38-,39?,43+,44-,52+,57+,59+,60+,61+/m1/s1. The number of phosphoric acid groups is 1. The van der Waals surface area contributed by atoms with Crippen LogP contribution in [-0.2, 0) is 47.1 Å². The average molecular weight is 1210 g/mol.